The molecule has 3 nitrogen and oxygen atoms in total. The smallest absolute Gasteiger partial charge is 0.226 e. The number of aromatic nitrogens is 1. The van der Waals surface area contributed by atoms with Crippen molar-refractivity contribution in [2.45, 2.75) is 32.9 Å². The fourth-order valence-electron chi connectivity index (χ4n) is 3.08. The zero-order chi connectivity index (χ0) is 17.4. The van der Waals surface area contributed by atoms with Crippen molar-refractivity contribution in [2.24, 2.45) is 5.92 Å². The van der Waals surface area contributed by atoms with Crippen LogP contribution in [0.25, 0.3) is 10.9 Å². The molecule has 1 fully saturated rings. The van der Waals surface area contributed by atoms with Crippen LogP contribution in [0.5, 0.6) is 0 Å². The van der Waals surface area contributed by atoms with Crippen molar-refractivity contribution >= 4 is 39.7 Å². The van der Waals surface area contributed by atoms with Gasteiger partial charge in [-0.2, -0.15) is 0 Å². The molecule has 5 heteroatoms. The number of nitrogens with zero attached hydrogens (tertiary/aromatic N) is 2. The molecule has 2 aromatic heterocycles. The van der Waals surface area contributed by atoms with Crippen LogP contribution in [0.4, 0.5) is 0 Å². The second kappa shape index (κ2) is 6.77. The van der Waals surface area contributed by atoms with Crippen molar-refractivity contribution in [3.05, 3.63) is 62.9 Å². The summed E-state index contributed by atoms with van der Waals surface area (Å²) in [6, 6.07) is 12.3. The highest BCUT2D eigenvalue weighted by atomic mass is 35.5. The summed E-state index contributed by atoms with van der Waals surface area (Å²) < 4.78 is 0. The molecule has 0 spiro atoms. The molecule has 2 heterocycles. The molecule has 3 aromatic rings. The molecule has 1 aliphatic rings. The third-order valence-corrected chi connectivity index (χ3v) is 5.79. The normalized spacial score (nSPS) is 14.0. The Labute approximate surface area is 156 Å². The first kappa shape index (κ1) is 16.6. The zero-order valence-corrected chi connectivity index (χ0v) is 15.6. The van der Waals surface area contributed by atoms with Gasteiger partial charge >= 0.3 is 0 Å². The SMILES string of the molecule is Cc1cccc2cc(CN(Cc3cccs3)C(=O)C3CC3)c(Cl)nc12. The van der Waals surface area contributed by atoms with Gasteiger partial charge in [0.1, 0.15) is 5.15 Å². The minimum atomic E-state index is 0.189. The molecular weight excluding hydrogens is 352 g/mol. The minimum Gasteiger partial charge on any atom is -0.333 e. The summed E-state index contributed by atoms with van der Waals surface area (Å²) in [4.78, 5) is 20.4. The molecule has 1 aliphatic carbocycles. The second-order valence-electron chi connectivity index (χ2n) is 6.63. The average Bonchev–Trinajstić information content (AvgIpc) is 3.32. The lowest BCUT2D eigenvalue weighted by Crippen LogP contribution is -2.31. The predicted molar refractivity (Wildman–Crippen MR) is 103 cm³/mol. The number of thiophene rings is 1. The number of carbonyl (C=O) groups is 1. The monoisotopic (exact) mass is 370 g/mol. The van der Waals surface area contributed by atoms with Crippen LogP contribution in [0, 0.1) is 12.8 Å². The van der Waals surface area contributed by atoms with E-state index in [9.17, 15) is 4.79 Å². The van der Waals surface area contributed by atoms with E-state index in [0.717, 1.165) is 34.9 Å². The Morgan fingerprint density at radius 3 is 2.84 bits per heavy atom. The largest absolute Gasteiger partial charge is 0.333 e. The number of carbonyl (C=O) groups excluding carboxylic acids is 1. The Kier molecular flexibility index (Phi) is 4.48. The molecular formula is C20H19ClN2OS. The third-order valence-electron chi connectivity index (χ3n) is 4.60. The van der Waals surface area contributed by atoms with Crippen LogP contribution in [0.2, 0.25) is 5.15 Å². The summed E-state index contributed by atoms with van der Waals surface area (Å²) in [5.41, 5.74) is 2.94. The van der Waals surface area contributed by atoms with Gasteiger partial charge in [0.2, 0.25) is 5.91 Å². The molecule has 0 bridgehead atoms. The van der Waals surface area contributed by atoms with Gasteiger partial charge in [0.05, 0.1) is 12.1 Å². The van der Waals surface area contributed by atoms with Gasteiger partial charge in [0, 0.05) is 28.3 Å². The molecule has 0 N–H and O–H groups in total. The Morgan fingerprint density at radius 2 is 2.12 bits per heavy atom. The Morgan fingerprint density at radius 1 is 1.28 bits per heavy atom. The van der Waals surface area contributed by atoms with Gasteiger partial charge in [-0.05, 0) is 42.8 Å². The maximum absolute atomic E-state index is 12.7. The van der Waals surface area contributed by atoms with Crippen molar-refractivity contribution in [1.29, 1.82) is 0 Å². The molecule has 1 aromatic carbocycles. The van der Waals surface area contributed by atoms with Crippen molar-refractivity contribution in [3.63, 3.8) is 0 Å². The van der Waals surface area contributed by atoms with E-state index in [4.69, 9.17) is 11.6 Å². The van der Waals surface area contributed by atoms with E-state index in [-0.39, 0.29) is 11.8 Å². The topological polar surface area (TPSA) is 33.2 Å². The number of hydrogen-bond acceptors (Lipinski definition) is 3. The molecule has 0 unspecified atom stereocenters. The van der Waals surface area contributed by atoms with Gasteiger partial charge in [-0.25, -0.2) is 4.98 Å². The average molecular weight is 371 g/mol. The summed E-state index contributed by atoms with van der Waals surface area (Å²) in [6.07, 6.45) is 2.01. The van der Waals surface area contributed by atoms with Crippen LogP contribution in [-0.2, 0) is 17.9 Å². The van der Waals surface area contributed by atoms with Crippen LogP contribution < -0.4 is 0 Å². The lowest BCUT2D eigenvalue weighted by molar-refractivity contribution is -0.133. The van der Waals surface area contributed by atoms with E-state index < -0.39 is 0 Å². The van der Waals surface area contributed by atoms with Gasteiger partial charge in [-0.15, -0.1) is 11.3 Å². The maximum atomic E-state index is 12.7. The number of hydrogen-bond donors (Lipinski definition) is 0. The summed E-state index contributed by atoms with van der Waals surface area (Å²) in [5, 5.41) is 3.60. The quantitative estimate of drug-likeness (QED) is 0.578. The second-order valence-corrected chi connectivity index (χ2v) is 8.02. The molecule has 1 saturated carbocycles. The number of amides is 1. The van der Waals surface area contributed by atoms with Gasteiger partial charge in [-0.3, -0.25) is 4.79 Å². The third kappa shape index (κ3) is 3.55. The number of fused-ring (bicyclic) bond motifs is 1. The van der Waals surface area contributed by atoms with Gasteiger partial charge in [0.15, 0.2) is 0 Å². The minimum absolute atomic E-state index is 0.189. The summed E-state index contributed by atoms with van der Waals surface area (Å²) in [5.74, 6) is 0.420. The predicted octanol–water partition coefficient (Wildman–Crippen LogP) is 5.20. The number of rotatable bonds is 5. The summed E-state index contributed by atoms with van der Waals surface area (Å²) in [7, 11) is 0. The fourth-order valence-corrected chi connectivity index (χ4v) is 3.99. The van der Waals surface area contributed by atoms with Crippen molar-refractivity contribution in [2.75, 3.05) is 0 Å². The van der Waals surface area contributed by atoms with Crippen LogP contribution in [0.15, 0.2) is 41.8 Å². The number of benzene rings is 1. The van der Waals surface area contributed by atoms with E-state index in [1.165, 1.54) is 4.88 Å². The molecule has 0 atom stereocenters. The summed E-state index contributed by atoms with van der Waals surface area (Å²) in [6.45, 7) is 3.17. The first-order chi connectivity index (χ1) is 12.1. The first-order valence-electron chi connectivity index (χ1n) is 8.48. The van der Waals surface area contributed by atoms with Crippen LogP contribution in [-0.4, -0.2) is 15.8 Å². The molecule has 128 valence electrons. The van der Waals surface area contributed by atoms with Crippen molar-refractivity contribution in [1.82, 2.24) is 9.88 Å². The molecule has 25 heavy (non-hydrogen) atoms. The number of halogens is 1. The maximum Gasteiger partial charge on any atom is 0.226 e. The van der Waals surface area contributed by atoms with E-state index in [1.807, 2.05) is 41.5 Å². The van der Waals surface area contributed by atoms with Crippen molar-refractivity contribution in [3.8, 4) is 0 Å². The van der Waals surface area contributed by atoms with Gasteiger partial charge in [0.25, 0.3) is 0 Å². The van der Waals surface area contributed by atoms with E-state index in [1.54, 1.807) is 11.3 Å². The molecule has 0 aliphatic heterocycles. The molecule has 4 rings (SSSR count). The Hall–Kier alpha value is -1.91. The van der Waals surface area contributed by atoms with E-state index >= 15 is 0 Å². The Bertz CT molecular complexity index is 919. The fraction of sp³-hybridized carbons (Fsp3) is 0.300. The first-order valence-corrected chi connectivity index (χ1v) is 9.73. The molecule has 0 saturated heterocycles. The number of aryl methyl sites for hydroxylation is 1. The van der Waals surface area contributed by atoms with Gasteiger partial charge in [-0.1, -0.05) is 35.9 Å². The molecule has 0 radical (unpaired) electrons. The zero-order valence-electron chi connectivity index (χ0n) is 14.0. The van der Waals surface area contributed by atoms with E-state index in [2.05, 4.69) is 17.1 Å². The number of pyridine rings is 1. The van der Waals surface area contributed by atoms with Gasteiger partial charge < -0.3 is 4.90 Å². The number of para-hydroxylation sites is 1. The Balaban J connectivity index is 1.65. The van der Waals surface area contributed by atoms with Crippen LogP contribution >= 0.6 is 22.9 Å². The van der Waals surface area contributed by atoms with E-state index in [0.29, 0.717) is 18.2 Å². The lowest BCUT2D eigenvalue weighted by Gasteiger charge is -2.23. The highest BCUT2D eigenvalue weighted by Gasteiger charge is 2.33. The lowest BCUT2D eigenvalue weighted by atomic mass is 10.1. The summed E-state index contributed by atoms with van der Waals surface area (Å²) >= 11 is 8.13. The van der Waals surface area contributed by atoms with Crippen LogP contribution in [0.3, 0.4) is 0 Å². The van der Waals surface area contributed by atoms with Crippen LogP contribution in [0.1, 0.15) is 28.8 Å². The standard InChI is InChI=1S/C20H19ClN2OS/c1-13-4-2-5-15-10-16(19(21)22-18(13)15)11-23(20(24)14-7-8-14)12-17-6-3-9-25-17/h2-6,9-10,14H,7-8,11-12H2,1H3. The molecule has 1 amide bonds. The van der Waals surface area contributed by atoms with Crippen molar-refractivity contribution < 1.29 is 4.79 Å². The highest BCUT2D eigenvalue weighted by molar-refractivity contribution is 7.09. The highest BCUT2D eigenvalue weighted by Crippen LogP contribution is 2.33.